The van der Waals surface area contributed by atoms with Crippen LogP contribution in [0.2, 0.25) is 0 Å². The average molecular weight is 216 g/mol. The summed E-state index contributed by atoms with van der Waals surface area (Å²) in [6.45, 7) is 8.13. The third-order valence-electron chi connectivity index (χ3n) is 4.01. The molecular formula is C15H20O. The molecular weight excluding hydrogens is 196 g/mol. The van der Waals surface area contributed by atoms with Crippen molar-refractivity contribution in [3.05, 3.63) is 35.5 Å². The minimum atomic E-state index is 0.334. The molecule has 0 aromatic rings. The molecule has 0 heterocycles. The van der Waals surface area contributed by atoms with Gasteiger partial charge in [0.05, 0.1) is 0 Å². The van der Waals surface area contributed by atoms with Crippen LogP contribution in [0, 0.1) is 11.8 Å². The molecule has 2 atom stereocenters. The van der Waals surface area contributed by atoms with Crippen LogP contribution in [0.15, 0.2) is 35.5 Å². The zero-order valence-electron chi connectivity index (χ0n) is 10.3. The van der Waals surface area contributed by atoms with E-state index in [-0.39, 0.29) is 0 Å². The fraction of sp³-hybridized carbons (Fsp3) is 0.533. The van der Waals surface area contributed by atoms with Gasteiger partial charge in [0, 0.05) is 6.42 Å². The van der Waals surface area contributed by atoms with E-state index in [0.717, 1.165) is 24.8 Å². The molecule has 2 aliphatic carbocycles. The van der Waals surface area contributed by atoms with E-state index in [4.69, 9.17) is 0 Å². The smallest absolute Gasteiger partial charge is 0.159 e. The van der Waals surface area contributed by atoms with E-state index >= 15 is 0 Å². The van der Waals surface area contributed by atoms with E-state index in [9.17, 15) is 4.79 Å². The number of fused-ring (bicyclic) bond motifs is 1. The highest BCUT2D eigenvalue weighted by Crippen LogP contribution is 2.41. The molecule has 16 heavy (non-hydrogen) atoms. The molecule has 0 fully saturated rings. The Morgan fingerprint density at radius 1 is 1.44 bits per heavy atom. The standard InChI is InChI=1S/C15H20O/c1-10(2)14-9-15(16)11(3)12-7-5-4-6-8-13(12)14/h4,6,13-14H,1,5,7-9H2,2-3H3/t13-,14+/m1/s1. The SMILES string of the molecule is C=C(C)[C@@H]1CC(=O)C(C)=C2CCC=CC[C@H]21. The number of Topliss-reactive ketones (excluding diaryl/α,β-unsaturated/α-hetero) is 1. The zero-order valence-corrected chi connectivity index (χ0v) is 10.3. The van der Waals surface area contributed by atoms with Crippen LogP contribution < -0.4 is 0 Å². The van der Waals surface area contributed by atoms with E-state index in [2.05, 4.69) is 25.7 Å². The van der Waals surface area contributed by atoms with Crippen molar-refractivity contribution in [3.63, 3.8) is 0 Å². The molecule has 0 saturated heterocycles. The Balaban J connectivity index is 2.40. The molecule has 0 aromatic heterocycles. The van der Waals surface area contributed by atoms with Crippen molar-refractivity contribution < 1.29 is 4.79 Å². The topological polar surface area (TPSA) is 17.1 Å². The highest BCUT2D eigenvalue weighted by molar-refractivity contribution is 5.97. The first-order chi connectivity index (χ1) is 7.61. The number of rotatable bonds is 1. The number of carbonyl (C=O) groups is 1. The summed E-state index contributed by atoms with van der Waals surface area (Å²) in [7, 11) is 0. The van der Waals surface area contributed by atoms with Gasteiger partial charge < -0.3 is 0 Å². The van der Waals surface area contributed by atoms with Crippen LogP contribution >= 0.6 is 0 Å². The van der Waals surface area contributed by atoms with Crippen LogP contribution in [0.1, 0.15) is 39.5 Å². The Kier molecular flexibility index (Phi) is 3.13. The fourth-order valence-corrected chi connectivity index (χ4v) is 2.99. The van der Waals surface area contributed by atoms with Crippen molar-refractivity contribution in [1.82, 2.24) is 0 Å². The van der Waals surface area contributed by atoms with E-state index in [1.54, 1.807) is 0 Å². The summed E-state index contributed by atoms with van der Waals surface area (Å²) in [6.07, 6.45) is 8.41. The van der Waals surface area contributed by atoms with Gasteiger partial charge >= 0.3 is 0 Å². The van der Waals surface area contributed by atoms with Crippen LogP contribution in [0.5, 0.6) is 0 Å². The molecule has 0 spiro atoms. The van der Waals surface area contributed by atoms with E-state index in [0.29, 0.717) is 24.0 Å². The summed E-state index contributed by atoms with van der Waals surface area (Å²) in [5, 5.41) is 0. The van der Waals surface area contributed by atoms with Gasteiger partial charge in [0.2, 0.25) is 0 Å². The van der Waals surface area contributed by atoms with Gasteiger partial charge in [0.1, 0.15) is 0 Å². The van der Waals surface area contributed by atoms with Crippen molar-refractivity contribution >= 4 is 5.78 Å². The van der Waals surface area contributed by atoms with Crippen LogP contribution in [-0.4, -0.2) is 5.78 Å². The lowest BCUT2D eigenvalue weighted by atomic mass is 9.70. The summed E-state index contributed by atoms with van der Waals surface area (Å²) >= 11 is 0. The van der Waals surface area contributed by atoms with Gasteiger partial charge in [0.15, 0.2) is 5.78 Å². The second kappa shape index (κ2) is 4.40. The van der Waals surface area contributed by atoms with Gasteiger partial charge in [-0.15, -0.1) is 0 Å². The van der Waals surface area contributed by atoms with Crippen LogP contribution in [0.3, 0.4) is 0 Å². The summed E-state index contributed by atoms with van der Waals surface area (Å²) in [5.74, 6) is 1.24. The lowest BCUT2D eigenvalue weighted by Crippen LogP contribution is -2.27. The monoisotopic (exact) mass is 216 g/mol. The third-order valence-corrected chi connectivity index (χ3v) is 4.01. The average Bonchev–Trinajstić information content (AvgIpc) is 2.48. The first-order valence-electron chi connectivity index (χ1n) is 6.14. The van der Waals surface area contributed by atoms with Gasteiger partial charge in [-0.1, -0.05) is 29.9 Å². The Morgan fingerprint density at radius 3 is 2.88 bits per heavy atom. The molecule has 0 aliphatic heterocycles. The van der Waals surface area contributed by atoms with E-state index < -0.39 is 0 Å². The van der Waals surface area contributed by atoms with Crippen LogP contribution in [-0.2, 0) is 4.79 Å². The van der Waals surface area contributed by atoms with Crippen LogP contribution in [0.4, 0.5) is 0 Å². The second-order valence-electron chi connectivity index (χ2n) is 5.08. The lowest BCUT2D eigenvalue weighted by Gasteiger charge is -2.33. The molecule has 2 aliphatic rings. The second-order valence-corrected chi connectivity index (χ2v) is 5.08. The number of carbonyl (C=O) groups excluding carboxylic acids is 1. The summed E-state index contributed by atoms with van der Waals surface area (Å²) in [6, 6.07) is 0. The molecule has 0 unspecified atom stereocenters. The molecule has 0 radical (unpaired) electrons. The predicted molar refractivity (Wildman–Crippen MR) is 67.1 cm³/mol. The van der Waals surface area contributed by atoms with Crippen molar-refractivity contribution in [2.45, 2.75) is 39.5 Å². The molecule has 0 bridgehead atoms. The van der Waals surface area contributed by atoms with Crippen molar-refractivity contribution in [1.29, 1.82) is 0 Å². The maximum atomic E-state index is 12.0. The maximum Gasteiger partial charge on any atom is 0.159 e. The molecule has 1 nitrogen and oxygen atoms in total. The first kappa shape index (κ1) is 11.4. The molecule has 1 heteroatoms. The van der Waals surface area contributed by atoms with E-state index in [1.807, 2.05) is 6.92 Å². The summed E-state index contributed by atoms with van der Waals surface area (Å²) < 4.78 is 0. The number of hydrogen-bond acceptors (Lipinski definition) is 1. The normalized spacial score (nSPS) is 30.0. The highest BCUT2D eigenvalue weighted by atomic mass is 16.1. The Labute approximate surface area is 97.9 Å². The third kappa shape index (κ3) is 1.91. The van der Waals surface area contributed by atoms with Gasteiger partial charge in [0.25, 0.3) is 0 Å². The summed E-state index contributed by atoms with van der Waals surface area (Å²) in [5.41, 5.74) is 3.60. The minimum absolute atomic E-state index is 0.334. The summed E-state index contributed by atoms with van der Waals surface area (Å²) in [4.78, 5) is 12.0. The molecule has 0 N–H and O–H groups in total. The Bertz CT molecular complexity index is 384. The zero-order chi connectivity index (χ0) is 11.7. The van der Waals surface area contributed by atoms with E-state index in [1.165, 1.54) is 11.1 Å². The van der Waals surface area contributed by atoms with Gasteiger partial charge in [-0.3, -0.25) is 4.79 Å². The van der Waals surface area contributed by atoms with Crippen molar-refractivity contribution in [2.75, 3.05) is 0 Å². The van der Waals surface area contributed by atoms with Crippen molar-refractivity contribution in [3.8, 4) is 0 Å². The Morgan fingerprint density at radius 2 is 2.19 bits per heavy atom. The minimum Gasteiger partial charge on any atom is -0.295 e. The van der Waals surface area contributed by atoms with Gasteiger partial charge in [-0.05, 0) is 50.5 Å². The molecule has 0 saturated carbocycles. The Hall–Kier alpha value is -1.11. The molecule has 0 amide bonds. The molecule has 86 valence electrons. The van der Waals surface area contributed by atoms with Crippen LogP contribution in [0.25, 0.3) is 0 Å². The van der Waals surface area contributed by atoms with Gasteiger partial charge in [-0.2, -0.15) is 0 Å². The number of allylic oxidation sites excluding steroid dienone is 5. The van der Waals surface area contributed by atoms with Gasteiger partial charge in [-0.25, -0.2) is 0 Å². The van der Waals surface area contributed by atoms with Crippen molar-refractivity contribution in [2.24, 2.45) is 11.8 Å². The lowest BCUT2D eigenvalue weighted by molar-refractivity contribution is -0.117. The quantitative estimate of drug-likeness (QED) is 0.609. The predicted octanol–water partition coefficient (Wildman–Crippen LogP) is 3.82. The fourth-order valence-electron chi connectivity index (χ4n) is 2.99. The first-order valence-corrected chi connectivity index (χ1v) is 6.14. The highest BCUT2D eigenvalue weighted by Gasteiger charge is 2.34. The number of hydrogen-bond donors (Lipinski definition) is 0. The number of ketones is 1. The molecule has 0 aromatic carbocycles. The largest absolute Gasteiger partial charge is 0.295 e. The maximum absolute atomic E-state index is 12.0. The molecule has 2 rings (SSSR count).